The fraction of sp³-hybridized carbons (Fsp3) is 0.231. The molecule has 0 heterocycles. The Morgan fingerprint density at radius 3 is 2.19 bits per heavy atom. The smallest absolute Gasteiger partial charge is 0.124 e. The minimum Gasteiger partial charge on any atom is -0.507 e. The van der Waals surface area contributed by atoms with Crippen LogP contribution in [0.3, 0.4) is 0 Å². The molecule has 0 saturated heterocycles. The molecule has 3 N–H and O–H groups in total. The lowest BCUT2D eigenvalue weighted by atomic mass is 9.94. The zero-order chi connectivity index (χ0) is 12.3. The van der Waals surface area contributed by atoms with Crippen LogP contribution in [0, 0.1) is 6.92 Å². The second-order valence-electron chi connectivity index (χ2n) is 3.60. The number of aliphatic hydroxyl groups excluding tert-OH is 2. The van der Waals surface area contributed by atoms with Gasteiger partial charge in [0.05, 0.1) is 6.10 Å². The molecule has 1 aromatic rings. The predicted octanol–water partition coefficient (Wildman–Crippen LogP) is 2.14. The number of aliphatic hydroxyl groups is 2. The Kier molecular flexibility index (Phi) is 3.88. The highest BCUT2D eigenvalue weighted by Crippen LogP contribution is 2.34. The topological polar surface area (TPSA) is 60.7 Å². The van der Waals surface area contributed by atoms with Gasteiger partial charge in [0.25, 0.3) is 0 Å². The van der Waals surface area contributed by atoms with E-state index in [0.29, 0.717) is 11.1 Å². The van der Waals surface area contributed by atoms with E-state index in [4.69, 9.17) is 0 Å². The number of benzene rings is 1. The van der Waals surface area contributed by atoms with Gasteiger partial charge in [0.15, 0.2) is 0 Å². The van der Waals surface area contributed by atoms with Crippen molar-refractivity contribution < 1.29 is 15.3 Å². The molecule has 0 aliphatic rings. The van der Waals surface area contributed by atoms with Crippen LogP contribution in [0.5, 0.6) is 5.75 Å². The first-order chi connectivity index (χ1) is 7.52. The first kappa shape index (κ1) is 12.5. The largest absolute Gasteiger partial charge is 0.507 e. The molecule has 0 amide bonds. The van der Waals surface area contributed by atoms with Gasteiger partial charge in [0.1, 0.15) is 11.9 Å². The molecule has 3 heteroatoms. The van der Waals surface area contributed by atoms with Gasteiger partial charge < -0.3 is 15.3 Å². The molecule has 1 aromatic carbocycles. The molecule has 0 radical (unpaired) electrons. The summed E-state index contributed by atoms with van der Waals surface area (Å²) >= 11 is 0. The second-order valence-corrected chi connectivity index (χ2v) is 3.60. The Hall–Kier alpha value is -1.58. The fourth-order valence-electron chi connectivity index (χ4n) is 1.55. The van der Waals surface area contributed by atoms with Gasteiger partial charge in [0, 0.05) is 5.56 Å². The van der Waals surface area contributed by atoms with Crippen molar-refractivity contribution >= 4 is 0 Å². The summed E-state index contributed by atoms with van der Waals surface area (Å²) in [6.45, 7) is 8.66. The monoisotopic (exact) mass is 220 g/mol. The van der Waals surface area contributed by atoms with Gasteiger partial charge in [-0.25, -0.2) is 0 Å². The van der Waals surface area contributed by atoms with E-state index in [1.165, 1.54) is 12.2 Å². The third-order valence-corrected chi connectivity index (χ3v) is 2.51. The van der Waals surface area contributed by atoms with Gasteiger partial charge in [-0.05, 0) is 18.1 Å². The molecule has 0 bridgehead atoms. The average Bonchev–Trinajstić information content (AvgIpc) is 2.30. The fourth-order valence-corrected chi connectivity index (χ4v) is 1.55. The van der Waals surface area contributed by atoms with Crippen molar-refractivity contribution in [3.8, 4) is 5.75 Å². The lowest BCUT2D eigenvalue weighted by Gasteiger charge is -2.18. The number of phenolic OH excluding ortho intramolecular Hbond substituents is 1. The number of phenols is 1. The van der Waals surface area contributed by atoms with Crippen LogP contribution in [0.1, 0.15) is 28.9 Å². The standard InChI is InChI=1S/C13H16O3/c1-4-10(14)9-7-6-8(3)13(16)12(9)11(15)5-2/h4-7,10-11,14-16H,1-2H2,3H3. The van der Waals surface area contributed by atoms with Crippen molar-refractivity contribution in [1.29, 1.82) is 0 Å². The van der Waals surface area contributed by atoms with E-state index in [0.717, 1.165) is 0 Å². The summed E-state index contributed by atoms with van der Waals surface area (Å²) in [7, 11) is 0. The Morgan fingerprint density at radius 2 is 1.69 bits per heavy atom. The zero-order valence-corrected chi connectivity index (χ0v) is 9.22. The summed E-state index contributed by atoms with van der Waals surface area (Å²) in [5.41, 5.74) is 1.35. The van der Waals surface area contributed by atoms with Crippen molar-refractivity contribution in [3.63, 3.8) is 0 Å². The van der Waals surface area contributed by atoms with E-state index in [1.807, 2.05) is 0 Å². The van der Waals surface area contributed by atoms with Crippen LogP contribution in [0.25, 0.3) is 0 Å². The number of aryl methyl sites for hydroxylation is 1. The van der Waals surface area contributed by atoms with Gasteiger partial charge in [0.2, 0.25) is 0 Å². The van der Waals surface area contributed by atoms with Crippen LogP contribution in [-0.2, 0) is 0 Å². The van der Waals surface area contributed by atoms with Crippen molar-refractivity contribution in [2.75, 3.05) is 0 Å². The maximum absolute atomic E-state index is 9.87. The van der Waals surface area contributed by atoms with E-state index in [-0.39, 0.29) is 11.3 Å². The molecule has 1 rings (SSSR count). The average molecular weight is 220 g/mol. The zero-order valence-electron chi connectivity index (χ0n) is 9.22. The molecule has 86 valence electrons. The van der Waals surface area contributed by atoms with Crippen molar-refractivity contribution in [2.24, 2.45) is 0 Å². The van der Waals surface area contributed by atoms with Crippen LogP contribution in [0.4, 0.5) is 0 Å². The van der Waals surface area contributed by atoms with E-state index in [9.17, 15) is 15.3 Å². The third-order valence-electron chi connectivity index (χ3n) is 2.51. The van der Waals surface area contributed by atoms with Crippen LogP contribution in [-0.4, -0.2) is 15.3 Å². The molecule has 0 spiro atoms. The molecule has 0 aromatic heterocycles. The maximum atomic E-state index is 9.87. The lowest BCUT2D eigenvalue weighted by Crippen LogP contribution is -2.04. The number of rotatable bonds is 4. The van der Waals surface area contributed by atoms with Gasteiger partial charge >= 0.3 is 0 Å². The third kappa shape index (κ3) is 2.15. The molecule has 3 nitrogen and oxygen atoms in total. The molecule has 0 aliphatic carbocycles. The van der Waals surface area contributed by atoms with Gasteiger partial charge in [-0.15, -0.1) is 13.2 Å². The Morgan fingerprint density at radius 1 is 1.12 bits per heavy atom. The summed E-state index contributed by atoms with van der Waals surface area (Å²) in [6, 6.07) is 3.33. The van der Waals surface area contributed by atoms with Crippen LogP contribution in [0.2, 0.25) is 0 Å². The number of aromatic hydroxyl groups is 1. The molecule has 0 fully saturated rings. The molecular formula is C13H16O3. The quantitative estimate of drug-likeness (QED) is 0.681. The molecule has 2 unspecified atom stereocenters. The van der Waals surface area contributed by atoms with Crippen LogP contribution < -0.4 is 0 Å². The molecule has 16 heavy (non-hydrogen) atoms. The molecular weight excluding hydrogens is 204 g/mol. The predicted molar refractivity (Wildman–Crippen MR) is 63.2 cm³/mol. The first-order valence-corrected chi connectivity index (χ1v) is 4.96. The lowest BCUT2D eigenvalue weighted by molar-refractivity contribution is 0.201. The van der Waals surface area contributed by atoms with Gasteiger partial charge in [-0.3, -0.25) is 0 Å². The molecule has 0 saturated carbocycles. The molecule has 0 aliphatic heterocycles. The summed E-state index contributed by atoms with van der Waals surface area (Å²) in [4.78, 5) is 0. The summed E-state index contributed by atoms with van der Waals surface area (Å²) < 4.78 is 0. The highest BCUT2D eigenvalue weighted by Gasteiger charge is 2.19. The summed E-state index contributed by atoms with van der Waals surface area (Å²) in [5.74, 6) is -0.0224. The van der Waals surface area contributed by atoms with Crippen molar-refractivity contribution in [2.45, 2.75) is 19.1 Å². The number of hydrogen-bond acceptors (Lipinski definition) is 3. The van der Waals surface area contributed by atoms with Gasteiger partial charge in [-0.1, -0.05) is 24.3 Å². The maximum Gasteiger partial charge on any atom is 0.124 e. The second kappa shape index (κ2) is 4.96. The van der Waals surface area contributed by atoms with Crippen LogP contribution >= 0.6 is 0 Å². The van der Waals surface area contributed by atoms with E-state index in [2.05, 4.69) is 13.2 Å². The minimum absolute atomic E-state index is 0.0224. The van der Waals surface area contributed by atoms with E-state index in [1.54, 1.807) is 19.1 Å². The Bertz CT molecular complexity index is 410. The summed E-state index contributed by atoms with van der Waals surface area (Å²) in [5, 5.41) is 29.3. The highest BCUT2D eigenvalue weighted by atomic mass is 16.3. The van der Waals surface area contributed by atoms with E-state index >= 15 is 0 Å². The Balaban J connectivity index is 3.43. The van der Waals surface area contributed by atoms with Crippen molar-refractivity contribution in [1.82, 2.24) is 0 Å². The molecule has 2 atom stereocenters. The van der Waals surface area contributed by atoms with Crippen molar-refractivity contribution in [3.05, 3.63) is 54.1 Å². The number of hydrogen-bond donors (Lipinski definition) is 3. The normalized spacial score (nSPS) is 14.2. The van der Waals surface area contributed by atoms with Gasteiger partial charge in [-0.2, -0.15) is 0 Å². The Labute approximate surface area is 95.0 Å². The van der Waals surface area contributed by atoms with E-state index < -0.39 is 12.2 Å². The summed E-state index contributed by atoms with van der Waals surface area (Å²) in [6.07, 6.45) is 0.706. The van der Waals surface area contributed by atoms with Crippen LogP contribution in [0.15, 0.2) is 37.4 Å². The first-order valence-electron chi connectivity index (χ1n) is 4.96. The highest BCUT2D eigenvalue weighted by molar-refractivity contribution is 5.48. The SMILES string of the molecule is C=CC(O)c1ccc(C)c(O)c1C(O)C=C. The minimum atomic E-state index is -1.01.